The van der Waals surface area contributed by atoms with Crippen LogP contribution in [-0.4, -0.2) is 26.4 Å². The summed E-state index contributed by atoms with van der Waals surface area (Å²) in [6, 6.07) is 2.13. The minimum Gasteiger partial charge on any atom is -0.495 e. The third kappa shape index (κ3) is 1.91. The Kier molecular flexibility index (Phi) is 3.14. The lowest BCUT2D eigenvalue weighted by molar-refractivity contribution is 0.169. The zero-order valence-corrected chi connectivity index (χ0v) is 12.7. The van der Waals surface area contributed by atoms with Gasteiger partial charge in [-0.05, 0) is 41.8 Å². The molecule has 1 fully saturated rings. The first-order valence-electron chi connectivity index (χ1n) is 6.52. The molecule has 4 nitrogen and oxygen atoms in total. The van der Waals surface area contributed by atoms with E-state index in [1.54, 1.807) is 7.11 Å². The zero-order valence-electron chi connectivity index (χ0n) is 11.2. The number of hydrogen-bond donors (Lipinski definition) is 1. The normalized spacial score (nSPS) is 20.8. The second-order valence-corrected chi connectivity index (χ2v) is 6.03. The lowest BCUT2D eigenvalue weighted by atomic mass is 9.88. The van der Waals surface area contributed by atoms with E-state index in [1.165, 1.54) is 0 Å². The van der Waals surface area contributed by atoms with Gasteiger partial charge in [0, 0.05) is 17.0 Å². The molecule has 1 aliphatic heterocycles. The van der Waals surface area contributed by atoms with Gasteiger partial charge >= 0.3 is 0 Å². The van der Waals surface area contributed by atoms with Crippen molar-refractivity contribution < 1.29 is 14.2 Å². The van der Waals surface area contributed by atoms with E-state index in [2.05, 4.69) is 22.9 Å². The first kappa shape index (κ1) is 13.1. The van der Waals surface area contributed by atoms with Crippen LogP contribution in [0.5, 0.6) is 17.2 Å². The van der Waals surface area contributed by atoms with Crippen molar-refractivity contribution in [2.75, 3.05) is 20.3 Å². The molecule has 104 valence electrons. The van der Waals surface area contributed by atoms with E-state index < -0.39 is 0 Å². The molecule has 1 heterocycles. The van der Waals surface area contributed by atoms with Crippen molar-refractivity contribution in [1.82, 2.24) is 0 Å². The molecule has 0 aromatic heterocycles. The minimum absolute atomic E-state index is 0.0176. The fourth-order valence-corrected chi connectivity index (χ4v) is 3.49. The van der Waals surface area contributed by atoms with Crippen LogP contribution >= 0.6 is 15.9 Å². The number of nitrogens with two attached hydrogens (primary N) is 1. The number of benzene rings is 1. The van der Waals surface area contributed by atoms with E-state index >= 15 is 0 Å². The molecule has 0 bridgehead atoms. The zero-order chi connectivity index (χ0) is 13.6. The quantitative estimate of drug-likeness (QED) is 0.927. The van der Waals surface area contributed by atoms with Crippen molar-refractivity contribution >= 4 is 15.9 Å². The highest BCUT2D eigenvalue weighted by atomic mass is 79.9. The Morgan fingerprint density at radius 1 is 1.37 bits per heavy atom. The molecule has 5 heteroatoms. The Balaban J connectivity index is 2.17. The predicted molar refractivity (Wildman–Crippen MR) is 76.2 cm³/mol. The molecule has 0 amide bonds. The molecular formula is C14H18BrNO3. The lowest BCUT2D eigenvalue weighted by Gasteiger charge is -2.27. The van der Waals surface area contributed by atoms with E-state index in [1.807, 2.05) is 6.07 Å². The Bertz CT molecular complexity index is 512. The van der Waals surface area contributed by atoms with Gasteiger partial charge in [0.1, 0.15) is 23.4 Å². The smallest absolute Gasteiger partial charge is 0.179 e. The Hall–Kier alpha value is -0.940. The SMILES string of the molecule is COc1c(C2(C(C)N)CC2)cc2c(c1Br)OCCO2. The molecule has 19 heavy (non-hydrogen) atoms. The van der Waals surface area contributed by atoms with Gasteiger partial charge < -0.3 is 19.9 Å². The second kappa shape index (κ2) is 4.56. The largest absolute Gasteiger partial charge is 0.495 e. The summed E-state index contributed by atoms with van der Waals surface area (Å²) in [7, 11) is 1.68. The maximum Gasteiger partial charge on any atom is 0.179 e. The highest BCUT2D eigenvalue weighted by Crippen LogP contribution is 2.57. The summed E-state index contributed by atoms with van der Waals surface area (Å²) in [5, 5.41) is 0. The second-order valence-electron chi connectivity index (χ2n) is 5.24. The van der Waals surface area contributed by atoms with Crippen molar-refractivity contribution in [2.24, 2.45) is 5.73 Å². The van der Waals surface area contributed by atoms with E-state index in [0.717, 1.165) is 40.1 Å². The fourth-order valence-electron chi connectivity index (χ4n) is 2.80. The number of hydrogen-bond acceptors (Lipinski definition) is 4. The van der Waals surface area contributed by atoms with Gasteiger partial charge in [-0.1, -0.05) is 0 Å². The Morgan fingerprint density at radius 2 is 2.05 bits per heavy atom. The molecule has 0 spiro atoms. The van der Waals surface area contributed by atoms with Crippen LogP contribution in [0.2, 0.25) is 0 Å². The van der Waals surface area contributed by atoms with Crippen LogP contribution in [0.15, 0.2) is 10.5 Å². The summed E-state index contributed by atoms with van der Waals surface area (Å²) in [6.45, 7) is 3.19. The molecule has 3 rings (SSSR count). The van der Waals surface area contributed by atoms with Crippen molar-refractivity contribution in [3.8, 4) is 17.2 Å². The summed E-state index contributed by atoms with van der Waals surface area (Å²) in [6.07, 6.45) is 2.18. The van der Waals surface area contributed by atoms with Crippen LogP contribution in [0.3, 0.4) is 0 Å². The molecule has 1 atom stereocenters. The number of halogens is 1. The van der Waals surface area contributed by atoms with Crippen molar-refractivity contribution in [3.05, 3.63) is 16.1 Å². The van der Waals surface area contributed by atoms with Crippen LogP contribution in [0, 0.1) is 0 Å². The molecule has 0 radical (unpaired) electrons. The summed E-state index contributed by atoms with van der Waals surface area (Å²) < 4.78 is 17.8. The lowest BCUT2D eigenvalue weighted by Crippen LogP contribution is -2.32. The summed E-state index contributed by atoms with van der Waals surface area (Å²) in [5.74, 6) is 2.33. The predicted octanol–water partition coefficient (Wildman–Crippen LogP) is 2.61. The fraction of sp³-hybridized carbons (Fsp3) is 0.571. The van der Waals surface area contributed by atoms with Crippen LogP contribution in [-0.2, 0) is 5.41 Å². The molecule has 2 N–H and O–H groups in total. The Morgan fingerprint density at radius 3 is 2.63 bits per heavy atom. The monoisotopic (exact) mass is 327 g/mol. The van der Waals surface area contributed by atoms with Gasteiger partial charge in [-0.2, -0.15) is 0 Å². The standard InChI is InChI=1S/C14H18BrNO3/c1-8(16)14(3-4-14)9-7-10-13(19-6-5-18-10)11(15)12(9)17-2/h7-8H,3-6,16H2,1-2H3. The average molecular weight is 328 g/mol. The topological polar surface area (TPSA) is 53.7 Å². The van der Waals surface area contributed by atoms with Gasteiger partial charge in [-0.25, -0.2) is 0 Å². The number of fused-ring (bicyclic) bond motifs is 1. The van der Waals surface area contributed by atoms with Gasteiger partial charge in [0.05, 0.1) is 7.11 Å². The number of ether oxygens (including phenoxy) is 3. The van der Waals surface area contributed by atoms with E-state index in [-0.39, 0.29) is 11.5 Å². The molecule has 1 unspecified atom stereocenters. The Labute approximate surface area is 121 Å². The van der Waals surface area contributed by atoms with Crippen molar-refractivity contribution in [3.63, 3.8) is 0 Å². The molecule has 1 saturated carbocycles. The first-order valence-corrected chi connectivity index (χ1v) is 7.31. The van der Waals surface area contributed by atoms with E-state index in [9.17, 15) is 0 Å². The van der Waals surface area contributed by atoms with E-state index in [4.69, 9.17) is 19.9 Å². The van der Waals surface area contributed by atoms with Crippen molar-refractivity contribution in [1.29, 1.82) is 0 Å². The van der Waals surface area contributed by atoms with Crippen LogP contribution in [0.25, 0.3) is 0 Å². The van der Waals surface area contributed by atoms with Gasteiger partial charge in [0.15, 0.2) is 11.5 Å². The molecule has 2 aliphatic rings. The van der Waals surface area contributed by atoms with Crippen molar-refractivity contribution in [2.45, 2.75) is 31.2 Å². The maximum absolute atomic E-state index is 6.17. The number of methoxy groups -OCH3 is 1. The highest BCUT2D eigenvalue weighted by Gasteiger charge is 2.50. The highest BCUT2D eigenvalue weighted by molar-refractivity contribution is 9.10. The van der Waals surface area contributed by atoms with Crippen LogP contribution in [0.1, 0.15) is 25.3 Å². The van der Waals surface area contributed by atoms with Gasteiger partial charge in [-0.3, -0.25) is 0 Å². The molecule has 1 aromatic rings. The molecule has 1 aromatic carbocycles. The van der Waals surface area contributed by atoms with Gasteiger partial charge in [0.25, 0.3) is 0 Å². The summed E-state index contributed by atoms with van der Waals surface area (Å²) >= 11 is 3.58. The van der Waals surface area contributed by atoms with Crippen LogP contribution in [0.4, 0.5) is 0 Å². The van der Waals surface area contributed by atoms with Gasteiger partial charge in [0.2, 0.25) is 0 Å². The van der Waals surface area contributed by atoms with Crippen LogP contribution < -0.4 is 19.9 Å². The average Bonchev–Trinajstić information content (AvgIpc) is 3.20. The number of rotatable bonds is 3. The van der Waals surface area contributed by atoms with E-state index in [0.29, 0.717) is 13.2 Å². The summed E-state index contributed by atoms with van der Waals surface area (Å²) in [5.41, 5.74) is 7.32. The first-order chi connectivity index (χ1) is 9.10. The maximum atomic E-state index is 6.17. The molecular weight excluding hydrogens is 310 g/mol. The summed E-state index contributed by atoms with van der Waals surface area (Å²) in [4.78, 5) is 0. The molecule has 1 aliphatic carbocycles. The third-order valence-electron chi connectivity index (χ3n) is 4.13. The molecule has 0 saturated heterocycles. The third-order valence-corrected chi connectivity index (χ3v) is 4.85. The van der Waals surface area contributed by atoms with Gasteiger partial charge in [-0.15, -0.1) is 0 Å². The minimum atomic E-state index is 0.0176.